The third kappa shape index (κ3) is 3.91. The maximum absolute atomic E-state index is 13.6. The number of rotatable bonds is 6. The van der Waals surface area contributed by atoms with Gasteiger partial charge in [0.1, 0.15) is 6.17 Å². The molecule has 14 heavy (non-hydrogen) atoms. The smallest absolute Gasteiger partial charge is 0.125 e. The normalized spacial score (nSPS) is 12.7. The van der Waals surface area contributed by atoms with Gasteiger partial charge in [-0.25, -0.2) is 4.39 Å². The molecule has 1 unspecified atom stereocenters. The average molecular weight is 194 g/mol. The topological polar surface area (TPSA) is 0 Å². The highest BCUT2D eigenvalue weighted by atomic mass is 19.1. The first kappa shape index (κ1) is 11.2. The van der Waals surface area contributed by atoms with Crippen LogP contribution in [0.3, 0.4) is 0 Å². The lowest BCUT2D eigenvalue weighted by molar-refractivity contribution is 0.313. The van der Waals surface area contributed by atoms with Crippen LogP contribution in [0.25, 0.3) is 0 Å². The number of unbranched alkanes of at least 4 members (excludes halogenated alkanes) is 3. The van der Waals surface area contributed by atoms with Crippen molar-refractivity contribution in [2.24, 2.45) is 0 Å². The van der Waals surface area contributed by atoms with Crippen molar-refractivity contribution in [3.63, 3.8) is 0 Å². The van der Waals surface area contributed by atoms with E-state index in [2.05, 4.69) is 6.92 Å². The van der Waals surface area contributed by atoms with Crippen LogP contribution in [0.15, 0.2) is 30.3 Å². The molecule has 0 nitrogen and oxygen atoms in total. The van der Waals surface area contributed by atoms with Crippen LogP contribution in [0.4, 0.5) is 4.39 Å². The van der Waals surface area contributed by atoms with E-state index >= 15 is 0 Å². The molecule has 78 valence electrons. The Hall–Kier alpha value is -0.850. The van der Waals surface area contributed by atoms with Crippen molar-refractivity contribution >= 4 is 0 Å². The molecule has 0 aliphatic rings. The summed E-state index contributed by atoms with van der Waals surface area (Å²) in [4.78, 5) is 0. The zero-order valence-corrected chi connectivity index (χ0v) is 8.88. The van der Waals surface area contributed by atoms with Gasteiger partial charge in [0.05, 0.1) is 0 Å². The Bertz CT molecular complexity index is 230. The summed E-state index contributed by atoms with van der Waals surface area (Å²) in [5.41, 5.74) is 0.823. The van der Waals surface area contributed by atoms with E-state index in [0.29, 0.717) is 6.42 Å². The Morgan fingerprint density at radius 3 is 2.43 bits per heavy atom. The fraction of sp³-hybridized carbons (Fsp3) is 0.538. The molecule has 1 aromatic rings. The summed E-state index contributed by atoms with van der Waals surface area (Å²) in [6.45, 7) is 2.17. The molecule has 0 N–H and O–H groups in total. The van der Waals surface area contributed by atoms with Crippen molar-refractivity contribution in [1.29, 1.82) is 0 Å². The van der Waals surface area contributed by atoms with Gasteiger partial charge in [-0.2, -0.15) is 0 Å². The molecular weight excluding hydrogens is 175 g/mol. The third-order valence-corrected chi connectivity index (χ3v) is 2.47. The molecule has 0 amide bonds. The first-order valence-electron chi connectivity index (χ1n) is 5.53. The number of hydrogen-bond donors (Lipinski definition) is 0. The molecular formula is C13H19F. The Balaban J connectivity index is 2.25. The van der Waals surface area contributed by atoms with Crippen LogP contribution in [0.5, 0.6) is 0 Å². The lowest BCUT2D eigenvalue weighted by atomic mass is 10.0. The molecule has 1 atom stereocenters. The molecule has 0 aromatic heterocycles. The molecule has 0 aliphatic heterocycles. The lowest BCUT2D eigenvalue weighted by Crippen LogP contribution is -1.91. The monoisotopic (exact) mass is 194 g/mol. The van der Waals surface area contributed by atoms with E-state index in [0.717, 1.165) is 18.4 Å². The minimum Gasteiger partial charge on any atom is -0.242 e. The predicted molar refractivity (Wildman–Crippen MR) is 59.1 cm³/mol. The highest BCUT2D eigenvalue weighted by molar-refractivity contribution is 5.17. The van der Waals surface area contributed by atoms with E-state index in [9.17, 15) is 4.39 Å². The largest absolute Gasteiger partial charge is 0.242 e. The van der Waals surface area contributed by atoms with Gasteiger partial charge < -0.3 is 0 Å². The third-order valence-electron chi connectivity index (χ3n) is 2.47. The highest BCUT2D eigenvalue weighted by Crippen LogP contribution is 2.23. The van der Waals surface area contributed by atoms with Gasteiger partial charge >= 0.3 is 0 Å². The SMILES string of the molecule is CCCCCCC(F)c1ccccc1. The molecule has 1 rings (SSSR count). The maximum Gasteiger partial charge on any atom is 0.125 e. The Kier molecular flexibility index (Phi) is 5.28. The van der Waals surface area contributed by atoms with E-state index in [1.54, 1.807) is 0 Å². The molecule has 1 heteroatoms. The van der Waals surface area contributed by atoms with Crippen molar-refractivity contribution in [3.8, 4) is 0 Å². The van der Waals surface area contributed by atoms with E-state index in [4.69, 9.17) is 0 Å². The van der Waals surface area contributed by atoms with Crippen molar-refractivity contribution in [1.82, 2.24) is 0 Å². The van der Waals surface area contributed by atoms with Crippen molar-refractivity contribution < 1.29 is 4.39 Å². The van der Waals surface area contributed by atoms with Crippen LogP contribution in [0.1, 0.15) is 50.8 Å². The van der Waals surface area contributed by atoms with E-state index in [1.807, 2.05) is 30.3 Å². The second-order valence-corrected chi connectivity index (χ2v) is 3.73. The second-order valence-electron chi connectivity index (χ2n) is 3.73. The molecule has 1 aromatic carbocycles. The van der Waals surface area contributed by atoms with Crippen LogP contribution >= 0.6 is 0 Å². The van der Waals surface area contributed by atoms with Crippen LogP contribution in [0, 0.1) is 0 Å². The molecule has 0 aliphatic carbocycles. The van der Waals surface area contributed by atoms with Gasteiger partial charge in [-0.05, 0) is 12.0 Å². The number of alkyl halides is 1. The maximum atomic E-state index is 13.6. The summed E-state index contributed by atoms with van der Waals surface area (Å²) in [6, 6.07) is 9.45. The van der Waals surface area contributed by atoms with Crippen molar-refractivity contribution in [2.75, 3.05) is 0 Å². The van der Waals surface area contributed by atoms with Crippen molar-refractivity contribution in [2.45, 2.75) is 45.2 Å². The van der Waals surface area contributed by atoms with E-state index in [1.165, 1.54) is 12.8 Å². The van der Waals surface area contributed by atoms with Gasteiger partial charge in [-0.3, -0.25) is 0 Å². The summed E-state index contributed by atoms with van der Waals surface area (Å²) in [5.74, 6) is 0. The Morgan fingerprint density at radius 2 is 1.79 bits per heavy atom. The standard InChI is InChI=1S/C13H19F/c1-2-3-4-8-11-13(14)12-9-6-5-7-10-12/h5-7,9-10,13H,2-4,8,11H2,1H3. The minimum absolute atomic E-state index is 0.671. The average Bonchev–Trinajstić information content (AvgIpc) is 2.25. The summed E-state index contributed by atoms with van der Waals surface area (Å²) in [5, 5.41) is 0. The summed E-state index contributed by atoms with van der Waals surface area (Å²) < 4.78 is 13.6. The van der Waals surface area contributed by atoms with Crippen LogP contribution < -0.4 is 0 Å². The van der Waals surface area contributed by atoms with Crippen LogP contribution in [0.2, 0.25) is 0 Å². The molecule has 0 bridgehead atoms. The molecule has 0 saturated carbocycles. The quantitative estimate of drug-likeness (QED) is 0.577. The van der Waals surface area contributed by atoms with E-state index < -0.39 is 6.17 Å². The van der Waals surface area contributed by atoms with Gasteiger partial charge in [0, 0.05) is 0 Å². The summed E-state index contributed by atoms with van der Waals surface area (Å²) in [7, 11) is 0. The minimum atomic E-state index is -0.770. The van der Waals surface area contributed by atoms with Gasteiger partial charge in [0.25, 0.3) is 0 Å². The Morgan fingerprint density at radius 1 is 1.07 bits per heavy atom. The van der Waals surface area contributed by atoms with Gasteiger partial charge in [0.15, 0.2) is 0 Å². The second kappa shape index (κ2) is 6.58. The number of halogens is 1. The van der Waals surface area contributed by atoms with Crippen LogP contribution in [-0.2, 0) is 0 Å². The summed E-state index contributed by atoms with van der Waals surface area (Å²) in [6.07, 6.45) is 4.50. The van der Waals surface area contributed by atoms with E-state index in [-0.39, 0.29) is 0 Å². The molecule has 0 spiro atoms. The first-order chi connectivity index (χ1) is 6.84. The van der Waals surface area contributed by atoms with Crippen LogP contribution in [-0.4, -0.2) is 0 Å². The first-order valence-corrected chi connectivity index (χ1v) is 5.53. The fourth-order valence-electron chi connectivity index (χ4n) is 1.58. The van der Waals surface area contributed by atoms with Crippen molar-refractivity contribution in [3.05, 3.63) is 35.9 Å². The fourth-order valence-corrected chi connectivity index (χ4v) is 1.58. The van der Waals surface area contributed by atoms with Gasteiger partial charge in [-0.15, -0.1) is 0 Å². The number of benzene rings is 1. The zero-order chi connectivity index (χ0) is 10.2. The van der Waals surface area contributed by atoms with Gasteiger partial charge in [0.2, 0.25) is 0 Å². The zero-order valence-electron chi connectivity index (χ0n) is 8.88. The molecule has 0 fully saturated rings. The predicted octanol–water partition coefficient (Wildman–Crippen LogP) is 4.67. The van der Waals surface area contributed by atoms with Gasteiger partial charge in [-0.1, -0.05) is 62.9 Å². The molecule has 0 heterocycles. The molecule has 0 saturated heterocycles. The number of hydrogen-bond acceptors (Lipinski definition) is 0. The molecule has 0 radical (unpaired) electrons. The highest BCUT2D eigenvalue weighted by Gasteiger charge is 2.07. The Labute approximate surface area is 86.2 Å². The summed E-state index contributed by atoms with van der Waals surface area (Å²) >= 11 is 0. The lowest BCUT2D eigenvalue weighted by Gasteiger charge is -2.07.